The fourth-order valence-corrected chi connectivity index (χ4v) is 4.93. The third-order valence-corrected chi connectivity index (χ3v) is 6.36. The molecule has 0 radical (unpaired) electrons. The van der Waals surface area contributed by atoms with Crippen molar-refractivity contribution in [1.29, 1.82) is 0 Å². The molecule has 0 amide bonds. The quantitative estimate of drug-likeness (QED) is 0.375. The van der Waals surface area contributed by atoms with Crippen LogP contribution in [0.25, 0.3) is 21.5 Å². The van der Waals surface area contributed by atoms with Gasteiger partial charge in [0.2, 0.25) is 0 Å². The highest BCUT2D eigenvalue weighted by atomic mass is 79.9. The van der Waals surface area contributed by atoms with Gasteiger partial charge in [-0.05, 0) is 51.2 Å². The number of nitrogens with zero attached hydrogens (tertiary/aromatic N) is 2. The van der Waals surface area contributed by atoms with Crippen LogP contribution in [0.2, 0.25) is 0 Å². The Labute approximate surface area is 175 Å². The summed E-state index contributed by atoms with van der Waals surface area (Å²) in [7, 11) is 0. The number of rotatable bonds is 6. The zero-order chi connectivity index (χ0) is 19.7. The summed E-state index contributed by atoms with van der Waals surface area (Å²) in [5.74, 6) is 0.199. The number of aryl methyl sites for hydroxylation is 1. The molecule has 0 aliphatic heterocycles. The van der Waals surface area contributed by atoms with Gasteiger partial charge < -0.3 is 9.67 Å². The Morgan fingerprint density at radius 2 is 1.93 bits per heavy atom. The Bertz CT molecular complexity index is 1150. The van der Waals surface area contributed by atoms with Crippen LogP contribution >= 0.6 is 27.3 Å². The summed E-state index contributed by atoms with van der Waals surface area (Å²) < 4.78 is 3.37. The van der Waals surface area contributed by atoms with E-state index in [1.807, 2.05) is 24.3 Å². The summed E-state index contributed by atoms with van der Waals surface area (Å²) in [6.45, 7) is 2.91. The molecule has 0 spiro atoms. The van der Waals surface area contributed by atoms with E-state index in [-0.39, 0.29) is 0 Å². The van der Waals surface area contributed by atoms with E-state index in [1.54, 1.807) is 23.5 Å². The molecular formula is C22H19BrN2O2S. The maximum absolute atomic E-state index is 11.5. The van der Waals surface area contributed by atoms with Crippen LogP contribution in [0.15, 0.2) is 58.4 Å². The van der Waals surface area contributed by atoms with Crippen molar-refractivity contribution in [2.75, 3.05) is 0 Å². The number of benzene rings is 2. The number of imidazole rings is 1. The molecule has 1 N–H and O–H groups in total. The molecule has 2 heterocycles. The first-order chi connectivity index (χ1) is 13.6. The van der Waals surface area contributed by atoms with Gasteiger partial charge in [-0.15, -0.1) is 11.3 Å². The van der Waals surface area contributed by atoms with E-state index in [4.69, 9.17) is 4.98 Å². The Kier molecular flexibility index (Phi) is 5.33. The highest BCUT2D eigenvalue weighted by Crippen LogP contribution is 2.31. The molecule has 28 heavy (non-hydrogen) atoms. The van der Waals surface area contributed by atoms with Crippen LogP contribution < -0.4 is 0 Å². The summed E-state index contributed by atoms with van der Waals surface area (Å²) in [6.07, 6.45) is 2.00. The number of aromatic nitrogens is 2. The van der Waals surface area contributed by atoms with Crippen molar-refractivity contribution in [3.05, 3.63) is 75.3 Å². The van der Waals surface area contributed by atoms with E-state index in [0.717, 1.165) is 51.2 Å². The second kappa shape index (κ2) is 7.89. The lowest BCUT2D eigenvalue weighted by Crippen LogP contribution is -2.05. The number of hydrogen-bond acceptors (Lipinski definition) is 3. The zero-order valence-corrected chi connectivity index (χ0v) is 17.8. The summed E-state index contributed by atoms with van der Waals surface area (Å²) in [6, 6.07) is 17.3. The summed E-state index contributed by atoms with van der Waals surface area (Å²) in [5.41, 5.74) is 4.16. The molecule has 0 aliphatic carbocycles. The number of hydrogen-bond donors (Lipinski definition) is 1. The average Bonchev–Trinajstić information content (AvgIpc) is 3.19. The minimum atomic E-state index is -0.909. The first kappa shape index (κ1) is 18.9. The Morgan fingerprint density at radius 1 is 1.18 bits per heavy atom. The van der Waals surface area contributed by atoms with Crippen LogP contribution in [0.1, 0.15) is 35.1 Å². The first-order valence-corrected chi connectivity index (χ1v) is 10.7. The van der Waals surface area contributed by atoms with Crippen LogP contribution in [-0.2, 0) is 13.0 Å². The van der Waals surface area contributed by atoms with Crippen LogP contribution in [0.3, 0.4) is 0 Å². The molecule has 0 unspecified atom stereocenters. The van der Waals surface area contributed by atoms with Crippen LogP contribution in [0, 0.1) is 0 Å². The molecule has 142 valence electrons. The molecule has 0 atom stereocenters. The lowest BCUT2D eigenvalue weighted by atomic mass is 9.99. The minimum Gasteiger partial charge on any atom is -0.478 e. The van der Waals surface area contributed by atoms with Gasteiger partial charge in [-0.1, -0.05) is 49.4 Å². The Hall–Kier alpha value is -2.44. The SMILES string of the molecule is CCCc1nc2cc(Br)sc2n1Cc1ccc(-c2ccccc2C(=O)O)cc1. The maximum atomic E-state index is 11.5. The third kappa shape index (κ3) is 3.62. The molecule has 0 fully saturated rings. The van der Waals surface area contributed by atoms with Gasteiger partial charge in [-0.25, -0.2) is 9.78 Å². The molecule has 4 aromatic rings. The van der Waals surface area contributed by atoms with Gasteiger partial charge >= 0.3 is 5.97 Å². The number of carboxylic acid groups (broad SMARTS) is 1. The fraction of sp³-hybridized carbons (Fsp3) is 0.182. The molecule has 4 rings (SSSR count). The smallest absolute Gasteiger partial charge is 0.336 e. The summed E-state index contributed by atoms with van der Waals surface area (Å²) >= 11 is 5.26. The predicted molar refractivity (Wildman–Crippen MR) is 117 cm³/mol. The van der Waals surface area contributed by atoms with E-state index in [0.29, 0.717) is 5.56 Å². The topological polar surface area (TPSA) is 55.1 Å². The average molecular weight is 455 g/mol. The number of halogens is 1. The highest BCUT2D eigenvalue weighted by Gasteiger charge is 2.14. The molecule has 0 aliphatic rings. The van der Waals surface area contributed by atoms with Crippen molar-refractivity contribution in [2.24, 2.45) is 0 Å². The number of carbonyl (C=O) groups is 1. The van der Waals surface area contributed by atoms with Gasteiger partial charge in [0.15, 0.2) is 0 Å². The number of aromatic carboxylic acids is 1. The second-order valence-electron chi connectivity index (χ2n) is 6.65. The number of thiophene rings is 1. The number of carboxylic acids is 1. The van der Waals surface area contributed by atoms with Gasteiger partial charge in [0.05, 0.1) is 15.9 Å². The van der Waals surface area contributed by atoms with E-state index in [2.05, 4.69) is 45.6 Å². The zero-order valence-electron chi connectivity index (χ0n) is 15.4. The molecule has 0 saturated heterocycles. The summed E-state index contributed by atoms with van der Waals surface area (Å²) in [5, 5.41) is 9.42. The van der Waals surface area contributed by atoms with Crippen molar-refractivity contribution >= 4 is 43.6 Å². The van der Waals surface area contributed by atoms with Crippen molar-refractivity contribution in [1.82, 2.24) is 9.55 Å². The Balaban J connectivity index is 1.67. The molecule has 0 saturated carbocycles. The van der Waals surface area contributed by atoms with Gasteiger partial charge in [0, 0.05) is 6.42 Å². The minimum absolute atomic E-state index is 0.320. The summed E-state index contributed by atoms with van der Waals surface area (Å²) in [4.78, 5) is 17.5. The number of fused-ring (bicyclic) bond motifs is 1. The van der Waals surface area contributed by atoms with Crippen molar-refractivity contribution in [2.45, 2.75) is 26.3 Å². The standard InChI is InChI=1S/C22H19BrN2O2S/c1-2-5-20-24-18-12-19(23)28-21(18)25(20)13-14-8-10-15(11-9-14)16-6-3-4-7-17(16)22(26)27/h3-4,6-12H,2,5,13H2,1H3,(H,26,27). The van der Waals surface area contributed by atoms with Crippen LogP contribution in [0.4, 0.5) is 0 Å². The van der Waals surface area contributed by atoms with Gasteiger partial charge in [-0.3, -0.25) is 0 Å². The van der Waals surface area contributed by atoms with Crippen molar-refractivity contribution in [3.63, 3.8) is 0 Å². The fourth-order valence-electron chi connectivity index (χ4n) is 3.40. The lowest BCUT2D eigenvalue weighted by Gasteiger charge is -2.10. The first-order valence-electron chi connectivity index (χ1n) is 9.13. The molecule has 4 nitrogen and oxygen atoms in total. The van der Waals surface area contributed by atoms with E-state index in [9.17, 15) is 9.90 Å². The molecule has 0 bridgehead atoms. The van der Waals surface area contributed by atoms with Crippen LogP contribution in [0.5, 0.6) is 0 Å². The maximum Gasteiger partial charge on any atom is 0.336 e. The third-order valence-electron chi connectivity index (χ3n) is 4.71. The van der Waals surface area contributed by atoms with Crippen molar-refractivity contribution in [3.8, 4) is 11.1 Å². The Morgan fingerprint density at radius 3 is 2.64 bits per heavy atom. The van der Waals surface area contributed by atoms with E-state index < -0.39 is 5.97 Å². The normalized spacial score (nSPS) is 11.2. The van der Waals surface area contributed by atoms with Gasteiger partial charge in [0.25, 0.3) is 0 Å². The van der Waals surface area contributed by atoms with Crippen LogP contribution in [-0.4, -0.2) is 20.6 Å². The van der Waals surface area contributed by atoms with Crippen molar-refractivity contribution < 1.29 is 9.90 Å². The molecule has 2 aromatic heterocycles. The molecule has 6 heteroatoms. The molecular weight excluding hydrogens is 436 g/mol. The second-order valence-corrected chi connectivity index (χ2v) is 9.06. The lowest BCUT2D eigenvalue weighted by molar-refractivity contribution is 0.0697. The largest absolute Gasteiger partial charge is 0.478 e. The van der Waals surface area contributed by atoms with E-state index >= 15 is 0 Å². The monoisotopic (exact) mass is 454 g/mol. The van der Waals surface area contributed by atoms with Gasteiger partial charge in [0.1, 0.15) is 16.2 Å². The predicted octanol–water partition coefficient (Wildman–Crippen LogP) is 6.23. The van der Waals surface area contributed by atoms with Gasteiger partial charge in [-0.2, -0.15) is 0 Å². The highest BCUT2D eigenvalue weighted by molar-refractivity contribution is 9.11. The van der Waals surface area contributed by atoms with E-state index in [1.165, 1.54) is 4.83 Å². The molecule has 2 aromatic carbocycles.